The Kier molecular flexibility index (Phi) is 5.89. The molecule has 0 amide bonds. The molecule has 3 aromatic carbocycles. The number of rotatable bonds is 6. The SMILES string of the molecule is C[C@@H](NCCSc1cccc(C(F)(F)F)c1)c1cccc2ccccc12. The summed E-state index contributed by atoms with van der Waals surface area (Å²) >= 11 is 1.43. The van der Waals surface area contributed by atoms with Crippen molar-refractivity contribution in [2.75, 3.05) is 12.3 Å². The van der Waals surface area contributed by atoms with Gasteiger partial charge in [-0.1, -0.05) is 48.5 Å². The molecule has 0 fully saturated rings. The number of nitrogens with one attached hydrogen (secondary N) is 1. The Balaban J connectivity index is 1.57. The molecule has 0 aromatic heterocycles. The molecule has 0 aliphatic heterocycles. The van der Waals surface area contributed by atoms with Crippen molar-refractivity contribution < 1.29 is 13.2 Å². The number of thioether (sulfide) groups is 1. The van der Waals surface area contributed by atoms with Crippen molar-refractivity contribution in [3.8, 4) is 0 Å². The Hall–Kier alpha value is -1.98. The number of fused-ring (bicyclic) bond motifs is 1. The molecule has 1 atom stereocenters. The summed E-state index contributed by atoms with van der Waals surface area (Å²) in [7, 11) is 0. The minimum atomic E-state index is -4.29. The fraction of sp³-hybridized carbons (Fsp3) is 0.238. The summed E-state index contributed by atoms with van der Waals surface area (Å²) in [5, 5.41) is 5.89. The van der Waals surface area contributed by atoms with Crippen molar-refractivity contribution >= 4 is 22.5 Å². The van der Waals surface area contributed by atoms with Gasteiger partial charge in [0.15, 0.2) is 0 Å². The molecular weight excluding hydrogens is 355 g/mol. The van der Waals surface area contributed by atoms with Gasteiger partial charge >= 0.3 is 6.18 Å². The van der Waals surface area contributed by atoms with E-state index in [1.165, 1.54) is 40.2 Å². The fourth-order valence-electron chi connectivity index (χ4n) is 2.94. The van der Waals surface area contributed by atoms with Gasteiger partial charge < -0.3 is 5.32 Å². The van der Waals surface area contributed by atoms with Gasteiger partial charge in [-0.05, 0) is 41.5 Å². The predicted octanol–water partition coefficient (Wildman–Crippen LogP) is 6.30. The molecular formula is C21H20F3NS. The van der Waals surface area contributed by atoms with Gasteiger partial charge in [-0.2, -0.15) is 13.2 Å². The maximum atomic E-state index is 12.8. The van der Waals surface area contributed by atoms with Crippen LogP contribution in [0.2, 0.25) is 0 Å². The lowest BCUT2D eigenvalue weighted by molar-refractivity contribution is -0.137. The van der Waals surface area contributed by atoms with E-state index in [1.807, 2.05) is 18.2 Å². The van der Waals surface area contributed by atoms with Gasteiger partial charge in [0.25, 0.3) is 0 Å². The third-order valence-electron chi connectivity index (χ3n) is 4.27. The monoisotopic (exact) mass is 375 g/mol. The molecule has 3 aromatic rings. The normalized spacial score (nSPS) is 13.1. The highest BCUT2D eigenvalue weighted by atomic mass is 32.2. The van der Waals surface area contributed by atoms with Crippen LogP contribution < -0.4 is 5.32 Å². The minimum Gasteiger partial charge on any atom is -0.309 e. The van der Waals surface area contributed by atoms with Gasteiger partial charge in [-0.25, -0.2) is 0 Å². The molecule has 0 saturated carbocycles. The van der Waals surface area contributed by atoms with Gasteiger partial charge in [0, 0.05) is 23.2 Å². The predicted molar refractivity (Wildman–Crippen MR) is 103 cm³/mol. The molecule has 5 heteroatoms. The van der Waals surface area contributed by atoms with Gasteiger partial charge in [-0.15, -0.1) is 11.8 Å². The molecule has 0 unspecified atom stereocenters. The van der Waals surface area contributed by atoms with Gasteiger partial charge in [0.1, 0.15) is 0 Å². The zero-order valence-corrected chi connectivity index (χ0v) is 15.2. The first-order valence-corrected chi connectivity index (χ1v) is 9.45. The Morgan fingerprint density at radius 2 is 1.69 bits per heavy atom. The lowest BCUT2D eigenvalue weighted by Crippen LogP contribution is -2.21. The molecule has 0 saturated heterocycles. The van der Waals surface area contributed by atoms with E-state index < -0.39 is 11.7 Å². The van der Waals surface area contributed by atoms with Crippen LogP contribution in [-0.4, -0.2) is 12.3 Å². The zero-order valence-electron chi connectivity index (χ0n) is 14.4. The van der Waals surface area contributed by atoms with E-state index in [9.17, 15) is 13.2 Å². The first-order valence-electron chi connectivity index (χ1n) is 8.46. The molecule has 0 spiro atoms. The molecule has 26 heavy (non-hydrogen) atoms. The van der Waals surface area contributed by atoms with Crippen molar-refractivity contribution in [1.29, 1.82) is 0 Å². The van der Waals surface area contributed by atoms with E-state index in [0.717, 1.165) is 6.07 Å². The number of benzene rings is 3. The zero-order chi connectivity index (χ0) is 18.6. The van der Waals surface area contributed by atoms with E-state index in [2.05, 4.69) is 36.5 Å². The number of halogens is 3. The second kappa shape index (κ2) is 8.14. The van der Waals surface area contributed by atoms with Crippen molar-refractivity contribution in [1.82, 2.24) is 5.32 Å². The summed E-state index contributed by atoms with van der Waals surface area (Å²) in [6.07, 6.45) is -4.29. The van der Waals surface area contributed by atoms with Crippen LogP contribution in [0.1, 0.15) is 24.1 Å². The van der Waals surface area contributed by atoms with Crippen LogP contribution in [0.5, 0.6) is 0 Å². The van der Waals surface area contributed by atoms with Crippen molar-refractivity contribution in [2.45, 2.75) is 24.0 Å². The fourth-order valence-corrected chi connectivity index (χ4v) is 3.79. The van der Waals surface area contributed by atoms with Crippen molar-refractivity contribution in [3.63, 3.8) is 0 Å². The highest BCUT2D eigenvalue weighted by Gasteiger charge is 2.30. The van der Waals surface area contributed by atoms with Gasteiger partial charge in [-0.3, -0.25) is 0 Å². The molecule has 0 bridgehead atoms. The highest BCUT2D eigenvalue weighted by molar-refractivity contribution is 7.99. The molecule has 1 nitrogen and oxygen atoms in total. The maximum Gasteiger partial charge on any atom is 0.416 e. The molecule has 0 aliphatic rings. The van der Waals surface area contributed by atoms with Crippen LogP contribution in [0.25, 0.3) is 10.8 Å². The Morgan fingerprint density at radius 3 is 2.50 bits per heavy atom. The summed E-state index contributed by atoms with van der Waals surface area (Å²) in [5.41, 5.74) is 0.631. The summed E-state index contributed by atoms with van der Waals surface area (Å²) in [5.74, 6) is 0.705. The van der Waals surface area contributed by atoms with Crippen LogP contribution in [-0.2, 0) is 6.18 Å². The quantitative estimate of drug-likeness (QED) is 0.401. The maximum absolute atomic E-state index is 12.8. The second-order valence-electron chi connectivity index (χ2n) is 6.12. The first-order chi connectivity index (χ1) is 12.4. The second-order valence-corrected chi connectivity index (χ2v) is 7.29. The summed E-state index contributed by atoms with van der Waals surface area (Å²) in [4.78, 5) is 0.638. The van der Waals surface area contributed by atoms with Crippen LogP contribution in [0.15, 0.2) is 71.6 Å². The molecule has 1 N–H and O–H groups in total. The summed E-state index contributed by atoms with van der Waals surface area (Å²) in [6.45, 7) is 2.82. The number of hydrogen-bond donors (Lipinski definition) is 1. The van der Waals surface area contributed by atoms with Crippen LogP contribution in [0.3, 0.4) is 0 Å². The van der Waals surface area contributed by atoms with Gasteiger partial charge in [0.05, 0.1) is 5.56 Å². The first kappa shape index (κ1) is 18.8. The topological polar surface area (TPSA) is 12.0 Å². The third kappa shape index (κ3) is 4.59. The van der Waals surface area contributed by atoms with Crippen molar-refractivity contribution in [3.05, 3.63) is 77.9 Å². The molecule has 3 rings (SSSR count). The van der Waals surface area contributed by atoms with Crippen LogP contribution in [0, 0.1) is 0 Å². The van der Waals surface area contributed by atoms with Crippen molar-refractivity contribution in [2.24, 2.45) is 0 Å². The Morgan fingerprint density at radius 1 is 0.962 bits per heavy atom. The van der Waals surface area contributed by atoms with E-state index in [0.29, 0.717) is 17.2 Å². The molecule has 136 valence electrons. The van der Waals surface area contributed by atoms with Gasteiger partial charge in [0.2, 0.25) is 0 Å². The minimum absolute atomic E-state index is 0.170. The highest BCUT2D eigenvalue weighted by Crippen LogP contribution is 2.32. The average Bonchev–Trinajstić information content (AvgIpc) is 2.64. The van der Waals surface area contributed by atoms with E-state index in [-0.39, 0.29) is 6.04 Å². The summed E-state index contributed by atoms with van der Waals surface area (Å²) in [6, 6.07) is 20.2. The third-order valence-corrected chi connectivity index (χ3v) is 5.27. The molecule has 0 heterocycles. The van der Waals surface area contributed by atoms with E-state index in [1.54, 1.807) is 6.07 Å². The number of hydrogen-bond acceptors (Lipinski definition) is 2. The standard InChI is InChI=1S/C21H20F3NS/c1-15(19-11-4-7-16-6-2-3-10-20(16)19)25-12-13-26-18-9-5-8-17(14-18)21(22,23)24/h2-11,14-15,25H,12-13H2,1H3/t15-/m1/s1. The Labute approximate surface area is 155 Å². The molecule has 0 radical (unpaired) electrons. The Bertz CT molecular complexity index is 871. The largest absolute Gasteiger partial charge is 0.416 e. The summed E-state index contributed by atoms with van der Waals surface area (Å²) < 4.78 is 38.3. The molecule has 0 aliphatic carbocycles. The average molecular weight is 375 g/mol. The van der Waals surface area contributed by atoms with E-state index >= 15 is 0 Å². The lowest BCUT2D eigenvalue weighted by atomic mass is 10.00. The van der Waals surface area contributed by atoms with E-state index in [4.69, 9.17) is 0 Å². The van der Waals surface area contributed by atoms with Crippen LogP contribution in [0.4, 0.5) is 13.2 Å². The van der Waals surface area contributed by atoms with Crippen LogP contribution >= 0.6 is 11.8 Å². The smallest absolute Gasteiger partial charge is 0.309 e. The number of alkyl halides is 3. The lowest BCUT2D eigenvalue weighted by Gasteiger charge is -2.16.